The van der Waals surface area contributed by atoms with Gasteiger partial charge in [0, 0.05) is 30.3 Å². The van der Waals surface area contributed by atoms with Gasteiger partial charge in [0.1, 0.15) is 22.2 Å². The van der Waals surface area contributed by atoms with Crippen LogP contribution in [0.3, 0.4) is 0 Å². The quantitative estimate of drug-likeness (QED) is 0.831. The molecule has 26 heavy (non-hydrogen) atoms. The summed E-state index contributed by atoms with van der Waals surface area (Å²) in [5, 5.41) is 2.53. The monoisotopic (exact) mass is 380 g/mol. The number of sulfonamides is 1. The molecule has 0 atom stereocenters. The van der Waals surface area contributed by atoms with Gasteiger partial charge >= 0.3 is 0 Å². The maximum absolute atomic E-state index is 14.4. The van der Waals surface area contributed by atoms with Gasteiger partial charge in [0.2, 0.25) is 5.91 Å². The number of fused-ring (bicyclic) bond motifs is 1. The Labute approximate surface area is 150 Å². The third kappa shape index (κ3) is 3.57. The van der Waals surface area contributed by atoms with E-state index < -0.39 is 20.7 Å². The van der Waals surface area contributed by atoms with Crippen LogP contribution < -0.4 is 19.5 Å². The minimum atomic E-state index is -4.19. The Morgan fingerprint density at radius 1 is 1.04 bits per heavy atom. The minimum Gasteiger partial charge on any atom is -0.497 e. The van der Waals surface area contributed by atoms with Crippen LogP contribution in [0.5, 0.6) is 11.5 Å². The number of hydrogen-bond donors (Lipinski definition) is 2. The van der Waals surface area contributed by atoms with Crippen LogP contribution in [-0.4, -0.2) is 28.5 Å². The summed E-state index contributed by atoms with van der Waals surface area (Å²) in [5.74, 6) is -0.409. The molecule has 0 spiro atoms. The van der Waals surface area contributed by atoms with Crippen molar-refractivity contribution in [3.8, 4) is 11.5 Å². The molecular weight excluding hydrogens is 363 g/mol. The normalized spacial score (nSPS) is 13.6. The number of amides is 1. The molecule has 1 aliphatic heterocycles. The highest BCUT2D eigenvalue weighted by Crippen LogP contribution is 2.31. The van der Waals surface area contributed by atoms with Crippen molar-refractivity contribution < 1.29 is 27.1 Å². The summed E-state index contributed by atoms with van der Waals surface area (Å²) in [6, 6.07) is 6.75. The van der Waals surface area contributed by atoms with E-state index >= 15 is 0 Å². The first kappa shape index (κ1) is 18.0. The predicted octanol–water partition coefficient (Wildman–Crippen LogP) is 2.53. The number of ether oxygens (including phenoxy) is 2. The number of hydrogen-bond acceptors (Lipinski definition) is 5. The van der Waals surface area contributed by atoms with E-state index in [2.05, 4.69) is 10.0 Å². The van der Waals surface area contributed by atoms with E-state index in [1.807, 2.05) is 0 Å². The summed E-state index contributed by atoms with van der Waals surface area (Å²) in [6.07, 6.45) is 0.565. The molecule has 2 aromatic rings. The Bertz CT molecular complexity index is 953. The van der Waals surface area contributed by atoms with Crippen molar-refractivity contribution >= 4 is 27.3 Å². The zero-order valence-electron chi connectivity index (χ0n) is 14.1. The first-order valence-corrected chi connectivity index (χ1v) is 9.19. The summed E-state index contributed by atoms with van der Waals surface area (Å²) < 4.78 is 52.2. The number of aryl methyl sites for hydroxylation is 1. The number of methoxy groups -OCH3 is 2. The third-order valence-electron chi connectivity index (χ3n) is 3.95. The van der Waals surface area contributed by atoms with Crippen LogP contribution in [0.2, 0.25) is 0 Å². The highest BCUT2D eigenvalue weighted by molar-refractivity contribution is 7.92. The molecule has 1 heterocycles. The van der Waals surface area contributed by atoms with Gasteiger partial charge in [0.05, 0.1) is 19.9 Å². The van der Waals surface area contributed by atoms with E-state index in [0.29, 0.717) is 29.2 Å². The van der Waals surface area contributed by atoms with Gasteiger partial charge in [-0.2, -0.15) is 0 Å². The second kappa shape index (κ2) is 6.83. The van der Waals surface area contributed by atoms with Crippen molar-refractivity contribution in [3.05, 3.63) is 41.7 Å². The van der Waals surface area contributed by atoms with Crippen molar-refractivity contribution in [1.29, 1.82) is 0 Å². The van der Waals surface area contributed by atoms with E-state index in [1.54, 1.807) is 6.07 Å². The average molecular weight is 380 g/mol. The Morgan fingerprint density at radius 3 is 2.31 bits per heavy atom. The number of halogens is 1. The van der Waals surface area contributed by atoms with Crippen LogP contribution in [0.4, 0.5) is 15.8 Å². The summed E-state index contributed by atoms with van der Waals surface area (Å²) >= 11 is 0. The SMILES string of the molecule is COc1cc(NS(=O)(=O)c2cc3c(cc2F)NC(=O)CC3)cc(OC)c1. The van der Waals surface area contributed by atoms with Crippen molar-refractivity contribution in [2.75, 3.05) is 24.3 Å². The molecule has 9 heteroatoms. The number of rotatable bonds is 5. The van der Waals surface area contributed by atoms with Crippen molar-refractivity contribution in [3.63, 3.8) is 0 Å². The summed E-state index contributed by atoms with van der Waals surface area (Å²) in [6.45, 7) is 0. The van der Waals surface area contributed by atoms with Gasteiger partial charge in [-0.3, -0.25) is 9.52 Å². The van der Waals surface area contributed by atoms with E-state index in [4.69, 9.17) is 9.47 Å². The van der Waals surface area contributed by atoms with E-state index in [0.717, 1.165) is 6.07 Å². The second-order valence-electron chi connectivity index (χ2n) is 5.69. The van der Waals surface area contributed by atoms with Gasteiger partial charge in [-0.1, -0.05) is 0 Å². The van der Waals surface area contributed by atoms with Crippen LogP contribution in [0, 0.1) is 5.82 Å². The van der Waals surface area contributed by atoms with Gasteiger partial charge in [-0.15, -0.1) is 0 Å². The van der Waals surface area contributed by atoms with Gasteiger partial charge in [0.25, 0.3) is 10.0 Å². The number of carbonyl (C=O) groups is 1. The van der Waals surface area contributed by atoms with Crippen LogP contribution in [0.25, 0.3) is 0 Å². The van der Waals surface area contributed by atoms with Crippen LogP contribution >= 0.6 is 0 Å². The lowest BCUT2D eigenvalue weighted by Crippen LogP contribution is -2.21. The molecule has 2 aromatic carbocycles. The molecule has 1 aliphatic rings. The summed E-state index contributed by atoms with van der Waals surface area (Å²) in [5.41, 5.74) is 1.03. The first-order valence-electron chi connectivity index (χ1n) is 7.70. The molecule has 7 nitrogen and oxygen atoms in total. The standard InChI is InChI=1S/C17H17FN2O5S/c1-24-12-6-11(7-13(8-12)25-2)20-26(22,23)16-5-10-3-4-17(21)19-15(10)9-14(16)18/h5-9,20H,3-4H2,1-2H3,(H,19,21). The molecule has 0 aromatic heterocycles. The molecule has 0 unspecified atom stereocenters. The smallest absolute Gasteiger partial charge is 0.264 e. The average Bonchev–Trinajstić information content (AvgIpc) is 2.60. The highest BCUT2D eigenvalue weighted by Gasteiger charge is 2.25. The van der Waals surface area contributed by atoms with Crippen molar-refractivity contribution in [2.24, 2.45) is 0 Å². The Morgan fingerprint density at radius 2 is 1.69 bits per heavy atom. The van der Waals surface area contributed by atoms with Crippen LogP contribution in [0.15, 0.2) is 35.2 Å². The second-order valence-corrected chi connectivity index (χ2v) is 7.35. The number of carbonyl (C=O) groups excluding carboxylic acids is 1. The highest BCUT2D eigenvalue weighted by atomic mass is 32.2. The lowest BCUT2D eigenvalue weighted by molar-refractivity contribution is -0.116. The van der Waals surface area contributed by atoms with Crippen molar-refractivity contribution in [1.82, 2.24) is 0 Å². The van der Waals surface area contributed by atoms with Crippen LogP contribution in [0.1, 0.15) is 12.0 Å². The van der Waals surface area contributed by atoms with Gasteiger partial charge in [0.15, 0.2) is 0 Å². The summed E-state index contributed by atoms with van der Waals surface area (Å²) in [4.78, 5) is 10.9. The third-order valence-corrected chi connectivity index (χ3v) is 5.34. The van der Waals surface area contributed by atoms with E-state index in [9.17, 15) is 17.6 Å². The molecule has 0 fully saturated rings. The molecule has 2 N–H and O–H groups in total. The molecular formula is C17H17FN2O5S. The molecule has 0 saturated carbocycles. The van der Waals surface area contributed by atoms with Gasteiger partial charge in [-0.25, -0.2) is 12.8 Å². The Kier molecular flexibility index (Phi) is 4.73. The minimum absolute atomic E-state index is 0.173. The molecule has 0 bridgehead atoms. The Hall–Kier alpha value is -2.81. The fraction of sp³-hybridized carbons (Fsp3) is 0.235. The molecule has 138 valence electrons. The van der Waals surface area contributed by atoms with Gasteiger partial charge in [-0.05, 0) is 24.1 Å². The largest absolute Gasteiger partial charge is 0.497 e. The maximum Gasteiger partial charge on any atom is 0.264 e. The summed E-state index contributed by atoms with van der Waals surface area (Å²) in [7, 11) is -1.32. The number of nitrogens with one attached hydrogen (secondary N) is 2. The Balaban J connectivity index is 1.98. The van der Waals surface area contributed by atoms with Gasteiger partial charge < -0.3 is 14.8 Å². The first-order chi connectivity index (χ1) is 12.3. The fourth-order valence-electron chi connectivity index (χ4n) is 2.66. The molecule has 0 radical (unpaired) electrons. The van der Waals surface area contributed by atoms with E-state index in [1.165, 1.54) is 32.4 Å². The zero-order chi connectivity index (χ0) is 18.9. The molecule has 1 amide bonds. The lowest BCUT2D eigenvalue weighted by Gasteiger charge is -2.18. The van der Waals surface area contributed by atoms with Crippen LogP contribution in [-0.2, 0) is 21.2 Å². The number of anilines is 2. The maximum atomic E-state index is 14.4. The number of benzene rings is 2. The molecule has 3 rings (SSSR count). The van der Waals surface area contributed by atoms with Crippen molar-refractivity contribution in [2.45, 2.75) is 17.7 Å². The molecule has 0 aliphatic carbocycles. The lowest BCUT2D eigenvalue weighted by atomic mass is 10.0. The topological polar surface area (TPSA) is 93.7 Å². The predicted molar refractivity (Wildman–Crippen MR) is 93.7 cm³/mol. The molecule has 0 saturated heterocycles. The van der Waals surface area contributed by atoms with E-state index in [-0.39, 0.29) is 18.0 Å². The zero-order valence-corrected chi connectivity index (χ0v) is 14.9. The fourth-order valence-corrected chi connectivity index (χ4v) is 3.81.